The first kappa shape index (κ1) is 18.2. The molecule has 0 fully saturated rings. The molecule has 3 aromatic rings. The van der Waals surface area contributed by atoms with E-state index in [-0.39, 0.29) is 11.9 Å². The Labute approximate surface area is 158 Å². The quantitative estimate of drug-likeness (QED) is 0.724. The third kappa shape index (κ3) is 3.66. The van der Waals surface area contributed by atoms with Crippen LogP contribution in [-0.4, -0.2) is 45.8 Å². The summed E-state index contributed by atoms with van der Waals surface area (Å²) in [6.45, 7) is 0.440. The van der Waals surface area contributed by atoms with Gasteiger partial charge in [-0.1, -0.05) is 29.8 Å². The van der Waals surface area contributed by atoms with Gasteiger partial charge in [0.1, 0.15) is 11.4 Å². The molecular weight excluding hydrogens is 350 g/mol. The maximum absolute atomic E-state index is 12.8. The Morgan fingerprint density at radius 3 is 2.58 bits per heavy atom. The number of hydrogen-bond acceptors (Lipinski definition) is 3. The van der Waals surface area contributed by atoms with Crippen molar-refractivity contribution < 1.29 is 4.79 Å². The number of aryl methyl sites for hydroxylation is 1. The van der Waals surface area contributed by atoms with E-state index in [2.05, 4.69) is 10.4 Å². The number of carbonyl (C=O) groups excluding carboxylic acids is 1. The lowest BCUT2D eigenvalue weighted by atomic mass is 10.1. The summed E-state index contributed by atoms with van der Waals surface area (Å²) in [5, 5.41) is 7.94. The third-order valence-corrected chi connectivity index (χ3v) is 4.69. The molecule has 3 rings (SSSR count). The van der Waals surface area contributed by atoms with Crippen LogP contribution in [0, 0.1) is 0 Å². The summed E-state index contributed by atoms with van der Waals surface area (Å²) in [5.74, 6) is 0.562. The Morgan fingerprint density at radius 1 is 1.23 bits per heavy atom. The summed E-state index contributed by atoms with van der Waals surface area (Å²) in [7, 11) is 5.75. The average molecular weight is 372 g/mol. The number of carbonyl (C=O) groups is 1. The van der Waals surface area contributed by atoms with Crippen molar-refractivity contribution in [3.8, 4) is 5.82 Å². The fourth-order valence-electron chi connectivity index (χ4n) is 2.97. The zero-order chi connectivity index (χ0) is 18.7. The summed E-state index contributed by atoms with van der Waals surface area (Å²) in [4.78, 5) is 14.8. The number of nitrogens with zero attached hydrogens (tertiary/aromatic N) is 4. The van der Waals surface area contributed by atoms with E-state index in [1.54, 1.807) is 10.9 Å². The van der Waals surface area contributed by atoms with E-state index in [1.807, 2.05) is 79.4 Å². The second-order valence-corrected chi connectivity index (χ2v) is 6.71. The van der Waals surface area contributed by atoms with Crippen LogP contribution >= 0.6 is 11.6 Å². The van der Waals surface area contributed by atoms with Crippen LogP contribution in [0.4, 0.5) is 0 Å². The van der Waals surface area contributed by atoms with Crippen molar-refractivity contribution in [2.45, 2.75) is 6.04 Å². The number of amides is 1. The van der Waals surface area contributed by atoms with E-state index in [1.165, 1.54) is 0 Å². The standard InChI is InChI=1S/C19H22ClN5O/c1-23(2)17(14-8-4-5-9-16(14)20)13-21-18(26)15-12-22-24(3)19(15)25-10-6-7-11-25/h4-12,17H,13H2,1-3H3,(H,21,26). The largest absolute Gasteiger partial charge is 0.350 e. The maximum atomic E-state index is 12.8. The van der Waals surface area contributed by atoms with Crippen LogP contribution in [0.25, 0.3) is 5.82 Å². The van der Waals surface area contributed by atoms with Crippen molar-refractivity contribution in [3.63, 3.8) is 0 Å². The predicted molar refractivity (Wildman–Crippen MR) is 103 cm³/mol. The van der Waals surface area contributed by atoms with E-state index in [4.69, 9.17) is 11.6 Å². The van der Waals surface area contributed by atoms with Crippen molar-refractivity contribution in [3.05, 3.63) is 71.1 Å². The highest BCUT2D eigenvalue weighted by atomic mass is 35.5. The number of halogens is 1. The monoisotopic (exact) mass is 371 g/mol. The fourth-order valence-corrected chi connectivity index (χ4v) is 3.24. The summed E-state index contributed by atoms with van der Waals surface area (Å²) in [5.41, 5.74) is 1.51. The minimum atomic E-state index is -0.166. The molecule has 0 bridgehead atoms. The SMILES string of the molecule is CN(C)C(CNC(=O)c1cnn(C)c1-n1cccc1)c1ccccc1Cl. The molecular formula is C19H22ClN5O. The number of nitrogens with one attached hydrogen (secondary N) is 1. The Bertz CT molecular complexity index is 885. The van der Waals surface area contributed by atoms with Crippen LogP contribution in [0.2, 0.25) is 5.02 Å². The lowest BCUT2D eigenvalue weighted by Gasteiger charge is -2.26. The molecule has 0 saturated carbocycles. The molecule has 1 atom stereocenters. The average Bonchev–Trinajstić information content (AvgIpc) is 3.25. The highest BCUT2D eigenvalue weighted by Crippen LogP contribution is 2.25. The highest BCUT2D eigenvalue weighted by Gasteiger charge is 2.21. The summed E-state index contributed by atoms with van der Waals surface area (Å²) >= 11 is 6.34. The second kappa shape index (κ2) is 7.76. The molecule has 0 spiro atoms. The van der Waals surface area contributed by atoms with Gasteiger partial charge in [-0.2, -0.15) is 5.10 Å². The van der Waals surface area contributed by atoms with E-state index < -0.39 is 0 Å². The number of aromatic nitrogens is 3. The lowest BCUT2D eigenvalue weighted by Crippen LogP contribution is -2.35. The maximum Gasteiger partial charge on any atom is 0.256 e. The number of hydrogen-bond donors (Lipinski definition) is 1. The summed E-state index contributed by atoms with van der Waals surface area (Å²) in [6.07, 6.45) is 5.37. The molecule has 0 aliphatic rings. The lowest BCUT2D eigenvalue weighted by molar-refractivity contribution is 0.0942. The Kier molecular flexibility index (Phi) is 5.44. The molecule has 1 amide bonds. The van der Waals surface area contributed by atoms with Crippen LogP contribution in [0.1, 0.15) is 22.0 Å². The molecule has 26 heavy (non-hydrogen) atoms. The molecule has 0 radical (unpaired) electrons. The van der Waals surface area contributed by atoms with Crippen molar-refractivity contribution in [2.75, 3.05) is 20.6 Å². The Morgan fingerprint density at radius 2 is 1.92 bits per heavy atom. The van der Waals surface area contributed by atoms with Crippen LogP contribution in [-0.2, 0) is 7.05 Å². The number of likely N-dealkylation sites (N-methyl/N-ethyl adjacent to an activating group) is 1. The van der Waals surface area contributed by atoms with Gasteiger partial charge in [-0.25, -0.2) is 0 Å². The number of benzene rings is 1. The first-order valence-electron chi connectivity index (χ1n) is 8.33. The molecule has 2 aromatic heterocycles. The zero-order valence-electron chi connectivity index (χ0n) is 15.1. The van der Waals surface area contributed by atoms with E-state index in [9.17, 15) is 4.79 Å². The second-order valence-electron chi connectivity index (χ2n) is 6.31. The van der Waals surface area contributed by atoms with Gasteiger partial charge in [-0.3, -0.25) is 9.48 Å². The van der Waals surface area contributed by atoms with Crippen LogP contribution in [0.15, 0.2) is 55.0 Å². The minimum Gasteiger partial charge on any atom is -0.350 e. The van der Waals surface area contributed by atoms with Gasteiger partial charge in [0, 0.05) is 31.0 Å². The molecule has 6 nitrogen and oxygen atoms in total. The molecule has 0 saturated heterocycles. The first-order valence-corrected chi connectivity index (χ1v) is 8.71. The molecule has 1 unspecified atom stereocenters. The van der Waals surface area contributed by atoms with E-state index in [0.717, 1.165) is 11.4 Å². The first-order chi connectivity index (χ1) is 12.5. The van der Waals surface area contributed by atoms with Crippen molar-refractivity contribution in [2.24, 2.45) is 7.05 Å². The predicted octanol–water partition coefficient (Wildman–Crippen LogP) is 2.90. The van der Waals surface area contributed by atoms with Gasteiger partial charge < -0.3 is 14.8 Å². The molecule has 1 N–H and O–H groups in total. The van der Waals surface area contributed by atoms with E-state index >= 15 is 0 Å². The molecule has 2 heterocycles. The van der Waals surface area contributed by atoms with Gasteiger partial charge in [0.2, 0.25) is 0 Å². The van der Waals surface area contributed by atoms with Crippen LogP contribution in [0.3, 0.4) is 0 Å². The third-order valence-electron chi connectivity index (χ3n) is 4.34. The van der Waals surface area contributed by atoms with Crippen molar-refractivity contribution in [1.29, 1.82) is 0 Å². The number of rotatable bonds is 6. The topological polar surface area (TPSA) is 55.1 Å². The van der Waals surface area contributed by atoms with Gasteiger partial charge in [0.05, 0.1) is 12.2 Å². The van der Waals surface area contributed by atoms with Crippen molar-refractivity contribution >= 4 is 17.5 Å². The van der Waals surface area contributed by atoms with Gasteiger partial charge in [0.25, 0.3) is 5.91 Å². The highest BCUT2D eigenvalue weighted by molar-refractivity contribution is 6.31. The summed E-state index contributed by atoms with van der Waals surface area (Å²) in [6, 6.07) is 11.5. The van der Waals surface area contributed by atoms with Crippen LogP contribution in [0.5, 0.6) is 0 Å². The van der Waals surface area contributed by atoms with Crippen molar-refractivity contribution in [1.82, 2.24) is 24.6 Å². The van der Waals surface area contributed by atoms with Crippen LogP contribution < -0.4 is 5.32 Å². The molecule has 136 valence electrons. The molecule has 1 aromatic carbocycles. The molecule has 0 aliphatic carbocycles. The summed E-state index contributed by atoms with van der Waals surface area (Å²) < 4.78 is 3.56. The van der Waals surface area contributed by atoms with Gasteiger partial charge in [0.15, 0.2) is 0 Å². The zero-order valence-corrected chi connectivity index (χ0v) is 15.8. The van der Waals surface area contributed by atoms with Gasteiger partial charge in [-0.05, 0) is 37.9 Å². The smallest absolute Gasteiger partial charge is 0.256 e. The Balaban J connectivity index is 1.79. The van der Waals surface area contributed by atoms with Gasteiger partial charge >= 0.3 is 0 Å². The van der Waals surface area contributed by atoms with Gasteiger partial charge in [-0.15, -0.1) is 0 Å². The molecule has 7 heteroatoms. The molecule has 0 aliphatic heterocycles. The fraction of sp³-hybridized carbons (Fsp3) is 0.263. The Hall–Kier alpha value is -2.57. The van der Waals surface area contributed by atoms with E-state index in [0.29, 0.717) is 17.1 Å². The normalized spacial score (nSPS) is 12.3. The minimum absolute atomic E-state index is 0.0284.